The Morgan fingerprint density at radius 1 is 0.781 bits per heavy atom. The number of anilines is 2. The van der Waals surface area contributed by atoms with E-state index in [1.54, 1.807) is 12.1 Å². The number of fused-ring (bicyclic) bond motifs is 1. The zero-order chi connectivity index (χ0) is 23.1. The molecule has 2 aromatic carbocycles. The first-order chi connectivity index (χ1) is 15.0. The first-order valence-electron chi connectivity index (χ1n) is 9.17. The maximum atomic E-state index is 13.1. The number of alkyl halides is 6. The molecule has 0 aliphatic carbocycles. The fourth-order valence-corrected chi connectivity index (χ4v) is 3.26. The van der Waals surface area contributed by atoms with Crippen LogP contribution in [0.3, 0.4) is 0 Å². The maximum absolute atomic E-state index is 13.1. The molecule has 2 aromatic heterocycles. The first-order valence-corrected chi connectivity index (χ1v) is 9.17. The highest BCUT2D eigenvalue weighted by Crippen LogP contribution is 2.33. The normalized spacial score (nSPS) is 12.2. The summed E-state index contributed by atoms with van der Waals surface area (Å²) in [4.78, 5) is 17.0. The van der Waals surface area contributed by atoms with Gasteiger partial charge in [0.1, 0.15) is 5.65 Å². The van der Waals surface area contributed by atoms with Crippen LogP contribution in [0.5, 0.6) is 0 Å². The Balaban J connectivity index is 1.85. The number of aromatic nitrogens is 2. The van der Waals surface area contributed by atoms with Gasteiger partial charge in [0.2, 0.25) is 0 Å². The Hall–Kier alpha value is -3.82. The van der Waals surface area contributed by atoms with Crippen LogP contribution >= 0.6 is 0 Å². The Bertz CT molecular complexity index is 1360. The molecule has 0 spiro atoms. The molecule has 32 heavy (non-hydrogen) atoms. The molecule has 0 amide bonds. The van der Waals surface area contributed by atoms with E-state index in [0.29, 0.717) is 5.39 Å². The second kappa shape index (κ2) is 7.70. The van der Waals surface area contributed by atoms with Gasteiger partial charge in [-0.3, -0.25) is 9.36 Å². The van der Waals surface area contributed by atoms with Crippen molar-refractivity contribution in [3.8, 4) is 5.69 Å². The van der Waals surface area contributed by atoms with Crippen LogP contribution in [0.25, 0.3) is 16.7 Å². The fraction of sp³-hybridized carbons (Fsp3) is 0.0909. The van der Waals surface area contributed by atoms with Crippen molar-refractivity contribution < 1.29 is 26.3 Å². The van der Waals surface area contributed by atoms with Gasteiger partial charge in [0.15, 0.2) is 0 Å². The summed E-state index contributed by atoms with van der Waals surface area (Å²) in [7, 11) is 0. The van der Waals surface area contributed by atoms with E-state index in [1.165, 1.54) is 30.5 Å². The minimum atomic E-state index is -4.60. The van der Waals surface area contributed by atoms with Crippen LogP contribution in [0.15, 0.2) is 77.7 Å². The zero-order valence-electron chi connectivity index (χ0n) is 16.0. The van der Waals surface area contributed by atoms with E-state index in [4.69, 9.17) is 0 Å². The van der Waals surface area contributed by atoms with E-state index in [9.17, 15) is 31.1 Å². The largest absolute Gasteiger partial charge is 0.416 e. The average molecular weight is 449 g/mol. The topological polar surface area (TPSA) is 46.9 Å². The fourth-order valence-electron chi connectivity index (χ4n) is 3.26. The van der Waals surface area contributed by atoms with Crippen LogP contribution in [0.1, 0.15) is 11.1 Å². The Labute approximate surface area is 176 Å². The van der Waals surface area contributed by atoms with Crippen LogP contribution in [-0.4, -0.2) is 9.55 Å². The number of hydrogen-bond acceptors (Lipinski definition) is 3. The van der Waals surface area contributed by atoms with Crippen molar-refractivity contribution in [1.82, 2.24) is 9.55 Å². The molecule has 1 N–H and O–H groups in total. The van der Waals surface area contributed by atoms with E-state index >= 15 is 0 Å². The van der Waals surface area contributed by atoms with Crippen molar-refractivity contribution in [3.63, 3.8) is 0 Å². The summed E-state index contributed by atoms with van der Waals surface area (Å²) in [5.74, 6) is 0. The molecule has 4 aromatic rings. The summed E-state index contributed by atoms with van der Waals surface area (Å²) in [6.07, 6.45) is -7.79. The Morgan fingerprint density at radius 2 is 1.44 bits per heavy atom. The molecule has 164 valence electrons. The maximum Gasteiger partial charge on any atom is 0.416 e. The van der Waals surface area contributed by atoms with Crippen molar-refractivity contribution in [2.75, 3.05) is 5.32 Å². The minimum Gasteiger partial charge on any atom is -0.355 e. The van der Waals surface area contributed by atoms with Gasteiger partial charge in [-0.15, -0.1) is 0 Å². The molecule has 0 bridgehead atoms. The lowest BCUT2D eigenvalue weighted by Crippen LogP contribution is -2.20. The molecule has 0 saturated heterocycles. The summed E-state index contributed by atoms with van der Waals surface area (Å²) in [6, 6.07) is 12.8. The SMILES string of the molecule is O=c1cc(Nc2cccc(C(F)(F)F)c2)c2cccnc2n1-c1cccc(C(F)(F)F)c1. The van der Waals surface area contributed by atoms with Gasteiger partial charge in [-0.2, -0.15) is 26.3 Å². The van der Waals surface area contributed by atoms with E-state index in [2.05, 4.69) is 10.3 Å². The predicted molar refractivity (Wildman–Crippen MR) is 107 cm³/mol. The molecule has 0 unspecified atom stereocenters. The minimum absolute atomic E-state index is 0.0425. The van der Waals surface area contributed by atoms with Crippen molar-refractivity contribution in [2.45, 2.75) is 12.4 Å². The number of hydrogen-bond donors (Lipinski definition) is 1. The molecular formula is C22H13F6N3O. The van der Waals surface area contributed by atoms with Gasteiger partial charge in [-0.05, 0) is 48.5 Å². The number of rotatable bonds is 3. The quantitative estimate of drug-likeness (QED) is 0.381. The van der Waals surface area contributed by atoms with Crippen molar-refractivity contribution in [3.05, 3.63) is 94.4 Å². The van der Waals surface area contributed by atoms with E-state index in [-0.39, 0.29) is 22.7 Å². The first kappa shape index (κ1) is 21.4. The monoisotopic (exact) mass is 449 g/mol. The van der Waals surface area contributed by atoms with Crippen molar-refractivity contribution >= 4 is 22.4 Å². The third-order valence-corrected chi connectivity index (χ3v) is 4.68. The highest BCUT2D eigenvalue weighted by atomic mass is 19.4. The molecular weight excluding hydrogens is 436 g/mol. The molecule has 4 rings (SSSR count). The van der Waals surface area contributed by atoms with Gasteiger partial charge in [-0.25, -0.2) is 4.98 Å². The molecule has 0 fully saturated rings. The highest BCUT2D eigenvalue weighted by Gasteiger charge is 2.31. The average Bonchev–Trinajstić information content (AvgIpc) is 2.73. The summed E-state index contributed by atoms with van der Waals surface area (Å²) in [5.41, 5.74) is -2.25. The van der Waals surface area contributed by atoms with E-state index in [1.807, 2.05) is 0 Å². The second-order valence-corrected chi connectivity index (χ2v) is 6.86. The zero-order valence-corrected chi connectivity index (χ0v) is 16.0. The van der Waals surface area contributed by atoms with E-state index in [0.717, 1.165) is 34.9 Å². The number of nitrogens with one attached hydrogen (secondary N) is 1. The molecule has 0 saturated carbocycles. The Kier molecular flexibility index (Phi) is 5.15. The highest BCUT2D eigenvalue weighted by molar-refractivity contribution is 5.91. The lowest BCUT2D eigenvalue weighted by Gasteiger charge is -2.16. The summed E-state index contributed by atoms with van der Waals surface area (Å²) in [6.45, 7) is 0. The van der Waals surface area contributed by atoms with Gasteiger partial charge in [0.05, 0.1) is 22.5 Å². The Morgan fingerprint density at radius 3 is 2.12 bits per heavy atom. The molecule has 4 nitrogen and oxygen atoms in total. The lowest BCUT2D eigenvalue weighted by molar-refractivity contribution is -0.138. The van der Waals surface area contributed by atoms with Crippen molar-refractivity contribution in [2.24, 2.45) is 0 Å². The van der Waals surface area contributed by atoms with Crippen LogP contribution < -0.4 is 10.9 Å². The number of nitrogens with zero attached hydrogens (tertiary/aromatic N) is 2. The van der Waals surface area contributed by atoms with Gasteiger partial charge in [0.25, 0.3) is 5.56 Å². The molecule has 10 heteroatoms. The summed E-state index contributed by atoms with van der Waals surface area (Å²) < 4.78 is 79.4. The molecule has 0 radical (unpaired) electrons. The number of halogens is 6. The third kappa shape index (κ3) is 4.16. The predicted octanol–water partition coefficient (Wildman–Crippen LogP) is 6.17. The van der Waals surface area contributed by atoms with Gasteiger partial charge in [0, 0.05) is 23.3 Å². The van der Waals surface area contributed by atoms with Crippen LogP contribution in [0, 0.1) is 0 Å². The smallest absolute Gasteiger partial charge is 0.355 e. The molecule has 0 atom stereocenters. The standard InChI is InChI=1S/C22H13F6N3O/c23-21(24,25)13-4-1-6-15(10-13)30-18-12-19(32)31(20-17(18)8-3-9-29-20)16-7-2-5-14(11-16)22(26,27)28/h1-12,30H. The van der Waals surface area contributed by atoms with Crippen molar-refractivity contribution in [1.29, 1.82) is 0 Å². The van der Waals surface area contributed by atoms with Gasteiger partial charge in [-0.1, -0.05) is 12.1 Å². The second-order valence-electron chi connectivity index (χ2n) is 6.86. The third-order valence-electron chi connectivity index (χ3n) is 4.68. The summed E-state index contributed by atoms with van der Waals surface area (Å²) >= 11 is 0. The van der Waals surface area contributed by atoms with Crippen LogP contribution in [0.2, 0.25) is 0 Å². The van der Waals surface area contributed by atoms with Gasteiger partial charge >= 0.3 is 12.4 Å². The molecule has 0 aliphatic heterocycles. The number of benzene rings is 2. The van der Waals surface area contributed by atoms with Crippen LogP contribution in [-0.2, 0) is 12.4 Å². The summed E-state index contributed by atoms with van der Waals surface area (Å²) in [5, 5.41) is 3.12. The molecule has 2 heterocycles. The van der Waals surface area contributed by atoms with Crippen LogP contribution in [0.4, 0.5) is 37.7 Å². The molecule has 0 aliphatic rings. The number of pyridine rings is 2. The van der Waals surface area contributed by atoms with Gasteiger partial charge < -0.3 is 5.32 Å². The lowest BCUT2D eigenvalue weighted by atomic mass is 10.1. The van der Waals surface area contributed by atoms with E-state index < -0.39 is 29.0 Å².